The number of primary amides is 2. The Morgan fingerprint density at radius 3 is 2.61 bits per heavy atom. The molecule has 0 bridgehead atoms. The Labute approximate surface area is 166 Å². The third-order valence-electron chi connectivity index (χ3n) is 5.44. The summed E-state index contributed by atoms with van der Waals surface area (Å²) in [7, 11) is 0. The highest BCUT2D eigenvalue weighted by molar-refractivity contribution is 7.17. The molecule has 1 aliphatic carbocycles. The first kappa shape index (κ1) is 18.6. The molecule has 5 N–H and O–H groups in total. The van der Waals surface area contributed by atoms with Crippen molar-refractivity contribution in [3.8, 4) is 0 Å². The lowest BCUT2D eigenvalue weighted by Crippen LogP contribution is -2.50. The van der Waals surface area contributed by atoms with Crippen molar-refractivity contribution in [2.75, 3.05) is 11.9 Å². The van der Waals surface area contributed by atoms with Crippen molar-refractivity contribution in [1.82, 2.24) is 4.90 Å². The molecule has 28 heavy (non-hydrogen) atoms. The van der Waals surface area contributed by atoms with E-state index in [1.165, 1.54) is 11.3 Å². The first-order valence-electron chi connectivity index (χ1n) is 9.28. The van der Waals surface area contributed by atoms with Crippen LogP contribution in [0.15, 0.2) is 24.3 Å². The van der Waals surface area contributed by atoms with Gasteiger partial charge < -0.3 is 16.8 Å². The normalized spacial score (nSPS) is 18.4. The number of thiophene rings is 1. The molecule has 1 unspecified atom stereocenters. The highest BCUT2D eigenvalue weighted by atomic mass is 32.1. The van der Waals surface area contributed by atoms with E-state index < -0.39 is 17.9 Å². The van der Waals surface area contributed by atoms with Gasteiger partial charge in [0, 0.05) is 11.4 Å². The van der Waals surface area contributed by atoms with Crippen LogP contribution in [0.25, 0.3) is 0 Å². The average Bonchev–Trinajstić information content (AvgIpc) is 3.21. The van der Waals surface area contributed by atoms with Crippen LogP contribution in [0.4, 0.5) is 5.00 Å². The highest BCUT2D eigenvalue weighted by Crippen LogP contribution is 2.38. The summed E-state index contributed by atoms with van der Waals surface area (Å²) in [5.41, 5.74) is 14.7. The fraction of sp³-hybridized carbons (Fsp3) is 0.350. The molecular weight excluding hydrogens is 376 g/mol. The summed E-state index contributed by atoms with van der Waals surface area (Å²) in [4.78, 5) is 39.5. The van der Waals surface area contributed by atoms with E-state index in [2.05, 4.69) is 5.32 Å². The van der Waals surface area contributed by atoms with Gasteiger partial charge in [0.05, 0.1) is 18.2 Å². The van der Waals surface area contributed by atoms with E-state index in [0.717, 1.165) is 40.8 Å². The summed E-state index contributed by atoms with van der Waals surface area (Å²) in [5.74, 6) is -1.25. The Morgan fingerprint density at radius 1 is 1.14 bits per heavy atom. The molecule has 1 aromatic heterocycles. The Kier molecular flexibility index (Phi) is 4.91. The number of amides is 3. The van der Waals surface area contributed by atoms with Gasteiger partial charge in [-0.1, -0.05) is 24.3 Å². The van der Waals surface area contributed by atoms with Crippen molar-refractivity contribution < 1.29 is 14.4 Å². The number of benzene rings is 1. The lowest BCUT2D eigenvalue weighted by molar-refractivity contribution is -0.125. The van der Waals surface area contributed by atoms with E-state index in [4.69, 9.17) is 11.5 Å². The van der Waals surface area contributed by atoms with Crippen LogP contribution < -0.4 is 16.8 Å². The second kappa shape index (κ2) is 7.37. The molecular formula is C20H22N4O3S. The number of hydrogen-bond donors (Lipinski definition) is 3. The molecule has 2 aromatic rings. The second-order valence-electron chi connectivity index (χ2n) is 7.27. The SMILES string of the molecule is NC(=O)c1c(NC(=O)CN2Cc3ccccc3CC2C(N)=O)sc2c1CCC2. The van der Waals surface area contributed by atoms with Crippen LogP contribution in [-0.4, -0.2) is 35.2 Å². The minimum Gasteiger partial charge on any atom is -0.368 e. The predicted molar refractivity (Wildman–Crippen MR) is 107 cm³/mol. The summed E-state index contributed by atoms with van der Waals surface area (Å²) in [6, 6.07) is 7.31. The number of fused-ring (bicyclic) bond motifs is 2. The second-order valence-corrected chi connectivity index (χ2v) is 8.38. The van der Waals surface area contributed by atoms with Crippen molar-refractivity contribution in [3.63, 3.8) is 0 Å². The van der Waals surface area contributed by atoms with Crippen LogP contribution in [0.1, 0.15) is 38.3 Å². The molecule has 0 spiro atoms. The molecule has 0 saturated carbocycles. The predicted octanol–water partition coefficient (Wildman–Crippen LogP) is 1.19. The number of nitrogens with zero attached hydrogens (tertiary/aromatic N) is 1. The summed E-state index contributed by atoms with van der Waals surface area (Å²) < 4.78 is 0. The zero-order valence-electron chi connectivity index (χ0n) is 15.4. The molecule has 1 atom stereocenters. The molecule has 146 valence electrons. The molecule has 4 rings (SSSR count). The third kappa shape index (κ3) is 3.41. The van der Waals surface area contributed by atoms with Crippen LogP contribution in [0.3, 0.4) is 0 Å². The molecule has 1 aromatic carbocycles. The van der Waals surface area contributed by atoms with Gasteiger partial charge in [0.15, 0.2) is 0 Å². The smallest absolute Gasteiger partial charge is 0.251 e. The molecule has 1 aliphatic heterocycles. The number of anilines is 1. The first-order chi connectivity index (χ1) is 13.4. The maximum atomic E-state index is 12.7. The molecule has 7 nitrogen and oxygen atoms in total. The zero-order valence-corrected chi connectivity index (χ0v) is 16.2. The van der Waals surface area contributed by atoms with Gasteiger partial charge >= 0.3 is 0 Å². The van der Waals surface area contributed by atoms with Gasteiger partial charge in [0.2, 0.25) is 11.8 Å². The number of hydrogen-bond acceptors (Lipinski definition) is 5. The Hall–Kier alpha value is -2.71. The van der Waals surface area contributed by atoms with Gasteiger partial charge in [-0.15, -0.1) is 11.3 Å². The number of carbonyl (C=O) groups excluding carboxylic acids is 3. The van der Waals surface area contributed by atoms with Gasteiger partial charge in [-0.25, -0.2) is 0 Å². The van der Waals surface area contributed by atoms with Crippen LogP contribution >= 0.6 is 11.3 Å². The largest absolute Gasteiger partial charge is 0.368 e. The van der Waals surface area contributed by atoms with Gasteiger partial charge in [-0.2, -0.15) is 0 Å². The van der Waals surface area contributed by atoms with Crippen molar-refractivity contribution in [1.29, 1.82) is 0 Å². The number of aryl methyl sites for hydroxylation is 1. The minimum absolute atomic E-state index is 0.0166. The highest BCUT2D eigenvalue weighted by Gasteiger charge is 2.32. The monoisotopic (exact) mass is 398 g/mol. The van der Waals surface area contributed by atoms with E-state index in [1.54, 1.807) is 4.90 Å². The zero-order chi connectivity index (χ0) is 19.8. The molecule has 2 heterocycles. The molecule has 0 radical (unpaired) electrons. The Bertz CT molecular complexity index is 968. The van der Waals surface area contributed by atoms with E-state index in [9.17, 15) is 14.4 Å². The van der Waals surface area contributed by atoms with Gasteiger partial charge in [-0.3, -0.25) is 19.3 Å². The van der Waals surface area contributed by atoms with Crippen LogP contribution in [0.2, 0.25) is 0 Å². The van der Waals surface area contributed by atoms with Crippen molar-refractivity contribution >= 4 is 34.1 Å². The number of carbonyl (C=O) groups is 3. The lowest BCUT2D eigenvalue weighted by Gasteiger charge is -2.34. The number of nitrogens with two attached hydrogens (primary N) is 2. The Morgan fingerprint density at radius 2 is 1.89 bits per heavy atom. The fourth-order valence-corrected chi connectivity index (χ4v) is 5.44. The van der Waals surface area contributed by atoms with E-state index in [0.29, 0.717) is 23.5 Å². The average molecular weight is 398 g/mol. The maximum Gasteiger partial charge on any atom is 0.251 e. The van der Waals surface area contributed by atoms with E-state index in [1.807, 2.05) is 24.3 Å². The lowest BCUT2D eigenvalue weighted by atomic mass is 9.93. The summed E-state index contributed by atoms with van der Waals surface area (Å²) >= 11 is 1.42. The maximum absolute atomic E-state index is 12.7. The third-order valence-corrected chi connectivity index (χ3v) is 6.65. The molecule has 2 aliphatic rings. The number of rotatable bonds is 5. The standard InChI is InChI=1S/C20H22N4O3S/c21-18(26)14-8-11-4-1-2-5-12(11)9-24(14)10-16(25)23-20-17(19(22)27)13-6-3-7-15(13)28-20/h1-2,4-5,14H,3,6-10H2,(H2,21,26)(H2,22,27)(H,23,25). The summed E-state index contributed by atoms with van der Waals surface area (Å²) in [6.45, 7) is 0.490. The minimum atomic E-state index is -0.537. The first-order valence-corrected chi connectivity index (χ1v) is 10.1. The molecule has 3 amide bonds. The van der Waals surface area contributed by atoms with E-state index in [-0.39, 0.29) is 12.5 Å². The fourth-order valence-electron chi connectivity index (χ4n) is 4.13. The van der Waals surface area contributed by atoms with E-state index >= 15 is 0 Å². The van der Waals surface area contributed by atoms with Crippen molar-refractivity contribution in [2.24, 2.45) is 11.5 Å². The molecule has 0 saturated heterocycles. The summed E-state index contributed by atoms with van der Waals surface area (Å²) in [5, 5.41) is 3.35. The molecule has 0 fully saturated rings. The Balaban J connectivity index is 1.52. The van der Waals surface area contributed by atoms with Crippen LogP contribution in [-0.2, 0) is 35.4 Å². The van der Waals surface area contributed by atoms with Crippen LogP contribution in [0, 0.1) is 0 Å². The van der Waals surface area contributed by atoms with Crippen molar-refractivity contribution in [2.45, 2.75) is 38.3 Å². The van der Waals surface area contributed by atoms with Gasteiger partial charge in [-0.05, 0) is 42.4 Å². The van der Waals surface area contributed by atoms with Gasteiger partial charge in [0.25, 0.3) is 5.91 Å². The molecule has 8 heteroatoms. The van der Waals surface area contributed by atoms with Crippen LogP contribution in [0.5, 0.6) is 0 Å². The number of nitrogens with one attached hydrogen (secondary N) is 1. The quantitative estimate of drug-likeness (QED) is 0.701. The van der Waals surface area contributed by atoms with Gasteiger partial charge in [0.1, 0.15) is 5.00 Å². The van der Waals surface area contributed by atoms with Crippen molar-refractivity contribution in [3.05, 3.63) is 51.4 Å². The summed E-state index contributed by atoms with van der Waals surface area (Å²) in [6.07, 6.45) is 3.21. The topological polar surface area (TPSA) is 119 Å².